The molecule has 1 nitrogen and oxygen atoms in total. The highest BCUT2D eigenvalue weighted by Crippen LogP contribution is 2.29. The van der Waals surface area contributed by atoms with E-state index in [0.29, 0.717) is 12.0 Å². The minimum Gasteiger partial charge on any atom is -0.309 e. The van der Waals surface area contributed by atoms with Crippen molar-refractivity contribution in [3.63, 3.8) is 0 Å². The molecular formula is C14H21N. The van der Waals surface area contributed by atoms with Gasteiger partial charge in [-0.2, -0.15) is 0 Å². The highest BCUT2D eigenvalue weighted by atomic mass is 14.9. The number of hydrogen-bond donors (Lipinski definition) is 1. The van der Waals surface area contributed by atoms with Gasteiger partial charge in [0.2, 0.25) is 0 Å². The Labute approximate surface area is 92.9 Å². The van der Waals surface area contributed by atoms with Gasteiger partial charge in [-0.3, -0.25) is 0 Å². The summed E-state index contributed by atoms with van der Waals surface area (Å²) < 4.78 is 0. The quantitative estimate of drug-likeness (QED) is 0.773. The van der Waals surface area contributed by atoms with Gasteiger partial charge in [0.1, 0.15) is 0 Å². The molecule has 15 heavy (non-hydrogen) atoms. The first-order valence-electron chi connectivity index (χ1n) is 6.05. The molecule has 0 spiro atoms. The molecule has 1 fully saturated rings. The first kappa shape index (κ1) is 10.7. The summed E-state index contributed by atoms with van der Waals surface area (Å²) in [4.78, 5) is 0. The fourth-order valence-electron chi connectivity index (χ4n) is 2.01. The van der Waals surface area contributed by atoms with Crippen LogP contribution in [0.15, 0.2) is 30.3 Å². The molecule has 1 aliphatic rings. The smallest absolute Gasteiger partial charge is 0.0343 e. The van der Waals surface area contributed by atoms with Crippen molar-refractivity contribution >= 4 is 0 Å². The van der Waals surface area contributed by atoms with Gasteiger partial charge in [-0.25, -0.2) is 0 Å². The molecule has 0 heterocycles. The largest absolute Gasteiger partial charge is 0.309 e. The molecule has 1 heteroatoms. The van der Waals surface area contributed by atoms with Gasteiger partial charge in [0.25, 0.3) is 0 Å². The molecule has 1 aromatic carbocycles. The number of rotatable bonds is 5. The van der Waals surface area contributed by atoms with Crippen LogP contribution in [0.1, 0.15) is 38.3 Å². The Kier molecular flexibility index (Phi) is 3.42. The Morgan fingerprint density at radius 3 is 2.40 bits per heavy atom. The minimum atomic E-state index is 0.520. The van der Waals surface area contributed by atoms with Crippen molar-refractivity contribution in [2.24, 2.45) is 11.8 Å². The lowest BCUT2D eigenvalue weighted by atomic mass is 9.96. The fraction of sp³-hybridized carbons (Fsp3) is 0.571. The summed E-state index contributed by atoms with van der Waals surface area (Å²) in [6.45, 7) is 5.77. The molecule has 1 aromatic rings. The topological polar surface area (TPSA) is 12.0 Å². The molecule has 0 aliphatic heterocycles. The van der Waals surface area contributed by atoms with Gasteiger partial charge in [0, 0.05) is 6.04 Å². The van der Waals surface area contributed by atoms with Gasteiger partial charge in [0.15, 0.2) is 0 Å². The van der Waals surface area contributed by atoms with Gasteiger partial charge in [-0.1, -0.05) is 44.2 Å². The molecule has 0 aromatic heterocycles. The molecule has 1 N–H and O–H groups in total. The summed E-state index contributed by atoms with van der Waals surface area (Å²) in [7, 11) is 0. The van der Waals surface area contributed by atoms with E-state index in [2.05, 4.69) is 49.5 Å². The SMILES string of the molecule is CC(C)[C@@H](NCC1CC1)c1ccccc1. The summed E-state index contributed by atoms with van der Waals surface area (Å²) in [5, 5.41) is 3.70. The van der Waals surface area contributed by atoms with Crippen molar-refractivity contribution in [2.75, 3.05) is 6.54 Å². The first-order chi connectivity index (χ1) is 7.27. The van der Waals surface area contributed by atoms with E-state index in [1.807, 2.05) is 0 Å². The van der Waals surface area contributed by atoms with Gasteiger partial charge < -0.3 is 5.32 Å². The van der Waals surface area contributed by atoms with Gasteiger partial charge in [-0.05, 0) is 36.8 Å². The van der Waals surface area contributed by atoms with Crippen molar-refractivity contribution in [1.82, 2.24) is 5.32 Å². The van der Waals surface area contributed by atoms with Gasteiger partial charge in [0.05, 0.1) is 0 Å². The van der Waals surface area contributed by atoms with Crippen molar-refractivity contribution in [1.29, 1.82) is 0 Å². The van der Waals surface area contributed by atoms with Crippen LogP contribution in [-0.4, -0.2) is 6.54 Å². The van der Waals surface area contributed by atoms with Crippen LogP contribution in [0.25, 0.3) is 0 Å². The average Bonchev–Trinajstić information content (AvgIpc) is 3.03. The fourth-order valence-corrected chi connectivity index (χ4v) is 2.01. The Balaban J connectivity index is 1.98. The predicted molar refractivity (Wildman–Crippen MR) is 64.7 cm³/mol. The van der Waals surface area contributed by atoms with E-state index in [4.69, 9.17) is 0 Å². The Morgan fingerprint density at radius 1 is 1.20 bits per heavy atom. The maximum Gasteiger partial charge on any atom is 0.0343 e. The second kappa shape index (κ2) is 4.80. The average molecular weight is 203 g/mol. The summed E-state index contributed by atoms with van der Waals surface area (Å²) in [5.74, 6) is 1.61. The molecule has 0 unspecified atom stereocenters. The molecule has 1 saturated carbocycles. The molecule has 2 rings (SSSR count). The zero-order valence-electron chi connectivity index (χ0n) is 9.74. The van der Waals surface area contributed by atoms with Gasteiger partial charge in [-0.15, -0.1) is 0 Å². The molecule has 0 saturated heterocycles. The van der Waals surface area contributed by atoms with E-state index in [1.54, 1.807) is 0 Å². The molecule has 0 radical (unpaired) electrons. The van der Waals surface area contributed by atoms with E-state index >= 15 is 0 Å². The zero-order chi connectivity index (χ0) is 10.7. The Morgan fingerprint density at radius 2 is 1.87 bits per heavy atom. The summed E-state index contributed by atoms with van der Waals surface area (Å²) >= 11 is 0. The summed E-state index contributed by atoms with van der Waals surface area (Å²) in [5.41, 5.74) is 1.42. The van der Waals surface area contributed by atoms with Gasteiger partial charge >= 0.3 is 0 Å². The van der Waals surface area contributed by atoms with Crippen LogP contribution in [0.2, 0.25) is 0 Å². The lowest BCUT2D eigenvalue weighted by Crippen LogP contribution is -2.27. The Bertz CT molecular complexity index is 287. The van der Waals surface area contributed by atoms with Crippen LogP contribution >= 0.6 is 0 Å². The minimum absolute atomic E-state index is 0.520. The van der Waals surface area contributed by atoms with E-state index in [1.165, 1.54) is 24.9 Å². The normalized spacial score (nSPS) is 18.1. The highest BCUT2D eigenvalue weighted by molar-refractivity contribution is 5.19. The predicted octanol–water partition coefficient (Wildman–Crippen LogP) is 3.38. The van der Waals surface area contributed by atoms with Crippen LogP contribution < -0.4 is 5.32 Å². The molecule has 0 bridgehead atoms. The lowest BCUT2D eigenvalue weighted by molar-refractivity contribution is 0.405. The third kappa shape index (κ3) is 3.07. The molecule has 82 valence electrons. The molecule has 1 aliphatic carbocycles. The third-order valence-corrected chi connectivity index (χ3v) is 3.15. The van der Waals surface area contributed by atoms with Crippen molar-refractivity contribution in [3.05, 3.63) is 35.9 Å². The standard InChI is InChI=1S/C14H21N/c1-11(2)14(15-10-12-8-9-12)13-6-4-3-5-7-13/h3-7,11-12,14-15H,8-10H2,1-2H3/t14-/m1/s1. The van der Waals surface area contributed by atoms with Crippen LogP contribution in [-0.2, 0) is 0 Å². The second-order valence-corrected chi connectivity index (χ2v) is 4.98. The van der Waals surface area contributed by atoms with Crippen molar-refractivity contribution in [2.45, 2.75) is 32.7 Å². The maximum absolute atomic E-state index is 3.70. The first-order valence-corrected chi connectivity index (χ1v) is 6.05. The van der Waals surface area contributed by atoms with Crippen LogP contribution in [0.5, 0.6) is 0 Å². The second-order valence-electron chi connectivity index (χ2n) is 4.98. The number of nitrogens with one attached hydrogen (secondary N) is 1. The van der Waals surface area contributed by atoms with Crippen LogP contribution in [0.3, 0.4) is 0 Å². The molecular weight excluding hydrogens is 182 g/mol. The van der Waals surface area contributed by atoms with Crippen LogP contribution in [0.4, 0.5) is 0 Å². The summed E-state index contributed by atoms with van der Waals surface area (Å²) in [6.07, 6.45) is 2.85. The monoisotopic (exact) mass is 203 g/mol. The maximum atomic E-state index is 3.70. The van der Waals surface area contributed by atoms with Crippen LogP contribution in [0, 0.1) is 11.8 Å². The van der Waals surface area contributed by atoms with E-state index < -0.39 is 0 Å². The van der Waals surface area contributed by atoms with E-state index in [9.17, 15) is 0 Å². The third-order valence-electron chi connectivity index (χ3n) is 3.15. The van der Waals surface area contributed by atoms with E-state index in [-0.39, 0.29) is 0 Å². The van der Waals surface area contributed by atoms with E-state index in [0.717, 1.165) is 5.92 Å². The molecule has 1 atom stereocenters. The van der Waals surface area contributed by atoms with Crippen molar-refractivity contribution in [3.8, 4) is 0 Å². The lowest BCUT2D eigenvalue weighted by Gasteiger charge is -2.23. The Hall–Kier alpha value is -0.820. The number of hydrogen-bond acceptors (Lipinski definition) is 1. The van der Waals surface area contributed by atoms with Crippen molar-refractivity contribution < 1.29 is 0 Å². The number of benzene rings is 1. The highest BCUT2D eigenvalue weighted by Gasteiger charge is 2.23. The summed E-state index contributed by atoms with van der Waals surface area (Å²) in [6, 6.07) is 11.3. The molecule has 0 amide bonds. The zero-order valence-corrected chi connectivity index (χ0v) is 9.74.